The van der Waals surface area contributed by atoms with Gasteiger partial charge >= 0.3 is 6.18 Å². The summed E-state index contributed by atoms with van der Waals surface area (Å²) in [5, 5.41) is 0. The Morgan fingerprint density at radius 2 is 1.96 bits per heavy atom. The minimum atomic E-state index is -4.39. The van der Waals surface area contributed by atoms with E-state index in [-0.39, 0.29) is 5.92 Å². The number of aryl methyl sites for hydroxylation is 2. The van der Waals surface area contributed by atoms with E-state index in [4.69, 9.17) is 0 Å². The van der Waals surface area contributed by atoms with Crippen molar-refractivity contribution in [2.45, 2.75) is 45.7 Å². The lowest BCUT2D eigenvalue weighted by atomic mass is 9.97. The van der Waals surface area contributed by atoms with E-state index in [1.54, 1.807) is 0 Å². The van der Waals surface area contributed by atoms with Crippen molar-refractivity contribution in [2.24, 2.45) is 0 Å². The first-order valence-electron chi connectivity index (χ1n) is 7.94. The normalized spacial score (nSPS) is 18.9. The van der Waals surface area contributed by atoms with E-state index in [1.165, 1.54) is 0 Å². The van der Waals surface area contributed by atoms with Crippen LogP contribution in [0.25, 0.3) is 0 Å². The smallest absolute Gasteiger partial charge is 0.356 e. The highest BCUT2D eigenvalue weighted by atomic mass is 19.4. The maximum Gasteiger partial charge on any atom is 0.432 e. The van der Waals surface area contributed by atoms with Crippen molar-refractivity contribution < 1.29 is 13.2 Å². The summed E-state index contributed by atoms with van der Waals surface area (Å²) >= 11 is 0. The van der Waals surface area contributed by atoms with Crippen molar-refractivity contribution in [1.29, 1.82) is 0 Å². The number of hydrogen-bond donors (Lipinski definition) is 1. The predicted molar refractivity (Wildman–Crippen MR) is 84.0 cm³/mol. The van der Waals surface area contributed by atoms with Crippen LogP contribution in [0.2, 0.25) is 0 Å². The molecule has 0 aromatic carbocycles. The van der Waals surface area contributed by atoms with Crippen molar-refractivity contribution >= 4 is 5.82 Å². The third kappa shape index (κ3) is 3.22. The first-order valence-corrected chi connectivity index (χ1v) is 7.94. The number of H-pyrrole nitrogens is 1. The SMILES string of the molecule is Cc1nc(C)c(C)c(N2CCCC(c3ncc(C(F)(F)F)[nH]3)C2)n1. The van der Waals surface area contributed by atoms with Crippen LogP contribution in [0.3, 0.4) is 0 Å². The molecule has 130 valence electrons. The minimum absolute atomic E-state index is 0.0650. The van der Waals surface area contributed by atoms with Crippen molar-refractivity contribution in [2.75, 3.05) is 18.0 Å². The number of hydrogen-bond acceptors (Lipinski definition) is 4. The van der Waals surface area contributed by atoms with Crippen LogP contribution < -0.4 is 4.90 Å². The third-order valence-corrected chi connectivity index (χ3v) is 4.48. The molecule has 8 heteroatoms. The molecule has 1 unspecified atom stereocenters. The zero-order valence-electron chi connectivity index (χ0n) is 13.9. The van der Waals surface area contributed by atoms with Crippen LogP contribution in [0, 0.1) is 20.8 Å². The van der Waals surface area contributed by atoms with E-state index in [1.807, 2.05) is 20.8 Å². The van der Waals surface area contributed by atoms with Crippen LogP contribution in [0.1, 0.15) is 47.4 Å². The van der Waals surface area contributed by atoms with Crippen molar-refractivity contribution in [3.8, 4) is 0 Å². The van der Waals surface area contributed by atoms with Gasteiger partial charge in [-0.25, -0.2) is 15.0 Å². The Morgan fingerprint density at radius 3 is 2.62 bits per heavy atom. The summed E-state index contributed by atoms with van der Waals surface area (Å²) in [6.07, 6.45) is -1.83. The van der Waals surface area contributed by atoms with Crippen LogP contribution in [0.4, 0.5) is 19.0 Å². The van der Waals surface area contributed by atoms with Crippen molar-refractivity contribution in [1.82, 2.24) is 19.9 Å². The van der Waals surface area contributed by atoms with E-state index >= 15 is 0 Å². The first kappa shape index (κ1) is 16.7. The summed E-state index contributed by atoms with van der Waals surface area (Å²) in [6, 6.07) is 0. The minimum Gasteiger partial charge on any atom is -0.356 e. The molecule has 3 heterocycles. The summed E-state index contributed by atoms with van der Waals surface area (Å²) < 4.78 is 38.3. The van der Waals surface area contributed by atoms with Crippen LogP contribution in [0.5, 0.6) is 0 Å². The quantitative estimate of drug-likeness (QED) is 0.909. The van der Waals surface area contributed by atoms with Gasteiger partial charge in [-0.3, -0.25) is 0 Å². The molecular weight excluding hydrogens is 319 g/mol. The average molecular weight is 339 g/mol. The largest absolute Gasteiger partial charge is 0.432 e. The molecule has 0 spiro atoms. The molecule has 1 aliphatic heterocycles. The summed E-state index contributed by atoms with van der Waals surface area (Å²) in [5.74, 6) is 1.90. The number of nitrogens with one attached hydrogen (secondary N) is 1. The molecule has 3 rings (SSSR count). The highest BCUT2D eigenvalue weighted by Crippen LogP contribution is 2.32. The number of aromatic nitrogens is 4. The molecule has 0 radical (unpaired) electrons. The summed E-state index contributed by atoms with van der Waals surface area (Å²) in [4.78, 5) is 17.4. The Morgan fingerprint density at radius 1 is 1.21 bits per heavy atom. The second-order valence-electron chi connectivity index (χ2n) is 6.27. The monoisotopic (exact) mass is 339 g/mol. The van der Waals surface area contributed by atoms with Crippen LogP contribution >= 0.6 is 0 Å². The van der Waals surface area contributed by atoms with E-state index in [0.717, 1.165) is 42.7 Å². The van der Waals surface area contributed by atoms with Gasteiger partial charge in [-0.1, -0.05) is 0 Å². The maximum absolute atomic E-state index is 12.8. The molecule has 0 saturated carbocycles. The molecule has 0 amide bonds. The second-order valence-corrected chi connectivity index (χ2v) is 6.27. The molecule has 1 atom stereocenters. The highest BCUT2D eigenvalue weighted by molar-refractivity contribution is 5.49. The Kier molecular flexibility index (Phi) is 4.23. The second kappa shape index (κ2) is 6.07. The van der Waals surface area contributed by atoms with E-state index < -0.39 is 11.9 Å². The van der Waals surface area contributed by atoms with Crippen molar-refractivity contribution in [3.63, 3.8) is 0 Å². The fraction of sp³-hybridized carbons (Fsp3) is 0.562. The van der Waals surface area contributed by atoms with Gasteiger partial charge in [0.25, 0.3) is 0 Å². The number of imidazole rings is 1. The van der Waals surface area contributed by atoms with Crippen LogP contribution in [0.15, 0.2) is 6.20 Å². The van der Waals surface area contributed by atoms with E-state index in [0.29, 0.717) is 18.2 Å². The fourth-order valence-corrected chi connectivity index (χ4v) is 3.14. The molecule has 1 saturated heterocycles. The standard InChI is InChI=1S/C16H20F3N5/c1-9-10(2)21-11(3)22-15(9)24-6-4-5-12(8-24)14-20-7-13(23-14)16(17,18)19/h7,12H,4-6,8H2,1-3H3,(H,20,23). The van der Waals surface area contributed by atoms with Gasteiger partial charge in [-0.15, -0.1) is 0 Å². The highest BCUT2D eigenvalue weighted by Gasteiger charge is 2.34. The summed E-state index contributed by atoms with van der Waals surface area (Å²) in [7, 11) is 0. The number of nitrogens with zero attached hydrogens (tertiary/aromatic N) is 4. The summed E-state index contributed by atoms with van der Waals surface area (Å²) in [6.45, 7) is 7.20. The molecular formula is C16H20F3N5. The average Bonchev–Trinajstić information content (AvgIpc) is 3.01. The zero-order valence-corrected chi connectivity index (χ0v) is 13.9. The maximum atomic E-state index is 12.8. The molecule has 1 aliphatic rings. The lowest BCUT2D eigenvalue weighted by Crippen LogP contribution is -2.36. The van der Waals surface area contributed by atoms with E-state index in [2.05, 4.69) is 24.8 Å². The molecule has 24 heavy (non-hydrogen) atoms. The molecule has 5 nitrogen and oxygen atoms in total. The lowest BCUT2D eigenvalue weighted by molar-refractivity contribution is -0.141. The molecule has 1 N–H and O–H groups in total. The molecule has 1 fully saturated rings. The first-order chi connectivity index (χ1) is 11.3. The number of piperidine rings is 1. The summed E-state index contributed by atoms with van der Waals surface area (Å²) in [5.41, 5.74) is 1.15. The molecule has 2 aromatic rings. The van der Waals surface area contributed by atoms with Gasteiger partial charge in [0.2, 0.25) is 0 Å². The molecule has 0 aliphatic carbocycles. The van der Waals surface area contributed by atoms with E-state index in [9.17, 15) is 13.2 Å². The topological polar surface area (TPSA) is 57.7 Å². The number of aromatic amines is 1. The van der Waals surface area contributed by atoms with Crippen LogP contribution in [-0.2, 0) is 6.18 Å². The molecule has 2 aromatic heterocycles. The Hall–Kier alpha value is -2.12. The van der Waals surface area contributed by atoms with Crippen molar-refractivity contribution in [3.05, 3.63) is 34.8 Å². The number of rotatable bonds is 2. The lowest BCUT2D eigenvalue weighted by Gasteiger charge is -2.34. The van der Waals surface area contributed by atoms with Gasteiger partial charge in [0.1, 0.15) is 23.2 Å². The number of alkyl halides is 3. The van der Waals surface area contributed by atoms with Gasteiger partial charge in [0.15, 0.2) is 0 Å². The van der Waals surface area contributed by atoms with Gasteiger partial charge in [0, 0.05) is 30.3 Å². The van der Waals surface area contributed by atoms with Crippen LogP contribution in [-0.4, -0.2) is 33.0 Å². The number of anilines is 1. The fourth-order valence-electron chi connectivity index (χ4n) is 3.14. The predicted octanol–water partition coefficient (Wildman–Crippen LogP) is 3.53. The Labute approximate surface area is 138 Å². The zero-order chi connectivity index (χ0) is 17.5. The molecule has 0 bridgehead atoms. The Balaban J connectivity index is 1.84. The van der Waals surface area contributed by atoms with Gasteiger partial charge in [-0.2, -0.15) is 13.2 Å². The third-order valence-electron chi connectivity index (χ3n) is 4.48. The van der Waals surface area contributed by atoms with Gasteiger partial charge < -0.3 is 9.88 Å². The number of halogens is 3. The van der Waals surface area contributed by atoms with Gasteiger partial charge in [-0.05, 0) is 33.6 Å². The Bertz CT molecular complexity index is 738. The van der Waals surface area contributed by atoms with Gasteiger partial charge in [0.05, 0.1) is 6.20 Å².